The van der Waals surface area contributed by atoms with Gasteiger partial charge in [0.05, 0.1) is 18.4 Å². The molecule has 0 aliphatic carbocycles. The standard InChI is InChI=1S/C14H13ClN2O2/c15-10-3-1-4-11(9-10)17-8-2-5-12(14(17)19)13(18)6-7-16/h1,3-4,9,12H,2,5-6,8H2/t12-/m0/s1. The van der Waals surface area contributed by atoms with E-state index in [0.717, 1.165) is 6.42 Å². The van der Waals surface area contributed by atoms with E-state index in [4.69, 9.17) is 16.9 Å². The number of Topliss-reactive ketones (excluding diaryl/α,β-unsaturated/α-hetero) is 1. The first-order chi connectivity index (χ1) is 9.13. The van der Waals surface area contributed by atoms with Crippen molar-refractivity contribution in [2.24, 2.45) is 5.92 Å². The van der Waals surface area contributed by atoms with Crippen LogP contribution in [0.4, 0.5) is 5.69 Å². The second kappa shape index (κ2) is 5.85. The minimum Gasteiger partial charge on any atom is -0.312 e. The molecule has 1 aliphatic heterocycles. The second-order valence-corrected chi connectivity index (χ2v) is 4.90. The normalized spacial score (nSPS) is 19.1. The Morgan fingerprint density at radius 1 is 1.53 bits per heavy atom. The maximum Gasteiger partial charge on any atom is 0.237 e. The first-order valence-electron chi connectivity index (χ1n) is 6.10. The summed E-state index contributed by atoms with van der Waals surface area (Å²) in [6.45, 7) is 0.579. The van der Waals surface area contributed by atoms with Crippen LogP contribution in [0.2, 0.25) is 5.02 Å². The molecule has 0 unspecified atom stereocenters. The van der Waals surface area contributed by atoms with E-state index in [1.54, 1.807) is 29.2 Å². The molecule has 5 heteroatoms. The molecule has 0 bridgehead atoms. The van der Waals surface area contributed by atoms with E-state index in [2.05, 4.69) is 0 Å². The van der Waals surface area contributed by atoms with E-state index < -0.39 is 5.92 Å². The molecule has 1 aromatic carbocycles. The summed E-state index contributed by atoms with van der Waals surface area (Å²) < 4.78 is 0. The van der Waals surface area contributed by atoms with Crippen LogP contribution in [-0.4, -0.2) is 18.2 Å². The fourth-order valence-corrected chi connectivity index (χ4v) is 2.46. The summed E-state index contributed by atoms with van der Waals surface area (Å²) in [5.41, 5.74) is 0.701. The van der Waals surface area contributed by atoms with Crippen molar-refractivity contribution in [2.75, 3.05) is 11.4 Å². The molecule has 19 heavy (non-hydrogen) atoms. The van der Waals surface area contributed by atoms with Gasteiger partial charge in [-0.3, -0.25) is 9.59 Å². The number of carbonyl (C=O) groups is 2. The molecule has 0 radical (unpaired) electrons. The zero-order valence-corrected chi connectivity index (χ0v) is 11.1. The number of benzene rings is 1. The molecular weight excluding hydrogens is 264 g/mol. The molecule has 0 N–H and O–H groups in total. The van der Waals surface area contributed by atoms with Gasteiger partial charge in [-0.2, -0.15) is 5.26 Å². The highest BCUT2D eigenvalue weighted by molar-refractivity contribution is 6.31. The Kier molecular flexibility index (Phi) is 4.18. The van der Waals surface area contributed by atoms with Crippen LogP contribution in [0.5, 0.6) is 0 Å². The van der Waals surface area contributed by atoms with Gasteiger partial charge in [0.2, 0.25) is 5.91 Å². The number of amides is 1. The monoisotopic (exact) mass is 276 g/mol. The van der Waals surface area contributed by atoms with Gasteiger partial charge in [0.1, 0.15) is 0 Å². The smallest absolute Gasteiger partial charge is 0.237 e. The topological polar surface area (TPSA) is 61.2 Å². The van der Waals surface area contributed by atoms with Crippen LogP contribution in [0.3, 0.4) is 0 Å². The van der Waals surface area contributed by atoms with Crippen LogP contribution in [-0.2, 0) is 9.59 Å². The summed E-state index contributed by atoms with van der Waals surface area (Å²) in [5, 5.41) is 9.11. The van der Waals surface area contributed by atoms with Gasteiger partial charge in [-0.1, -0.05) is 17.7 Å². The van der Waals surface area contributed by atoms with Gasteiger partial charge in [-0.05, 0) is 31.0 Å². The fourth-order valence-electron chi connectivity index (χ4n) is 2.28. The molecule has 1 amide bonds. The van der Waals surface area contributed by atoms with Crippen LogP contribution in [0.25, 0.3) is 0 Å². The minimum atomic E-state index is -0.688. The van der Waals surface area contributed by atoms with Crippen LogP contribution in [0.15, 0.2) is 24.3 Å². The van der Waals surface area contributed by atoms with Crippen molar-refractivity contribution in [1.82, 2.24) is 0 Å². The quantitative estimate of drug-likeness (QED) is 0.797. The molecule has 1 saturated heterocycles. The van der Waals surface area contributed by atoms with E-state index in [0.29, 0.717) is 23.7 Å². The number of hydrogen-bond acceptors (Lipinski definition) is 3. The van der Waals surface area contributed by atoms with Crippen molar-refractivity contribution in [3.05, 3.63) is 29.3 Å². The molecule has 1 aliphatic rings. The van der Waals surface area contributed by atoms with Crippen molar-refractivity contribution in [1.29, 1.82) is 5.26 Å². The van der Waals surface area contributed by atoms with E-state index in [9.17, 15) is 9.59 Å². The lowest BCUT2D eigenvalue weighted by Crippen LogP contribution is -2.44. The van der Waals surface area contributed by atoms with Gasteiger partial charge in [-0.15, -0.1) is 0 Å². The van der Waals surface area contributed by atoms with Crippen molar-refractivity contribution >= 4 is 29.0 Å². The number of rotatable bonds is 3. The Morgan fingerprint density at radius 3 is 3.00 bits per heavy atom. The van der Waals surface area contributed by atoms with E-state index in [1.165, 1.54) is 0 Å². The van der Waals surface area contributed by atoms with Gasteiger partial charge in [0, 0.05) is 17.3 Å². The molecule has 0 spiro atoms. The lowest BCUT2D eigenvalue weighted by Gasteiger charge is -2.31. The Hall–Kier alpha value is -1.86. The van der Waals surface area contributed by atoms with Gasteiger partial charge in [-0.25, -0.2) is 0 Å². The zero-order chi connectivity index (χ0) is 13.8. The molecule has 4 nitrogen and oxygen atoms in total. The van der Waals surface area contributed by atoms with Crippen LogP contribution in [0.1, 0.15) is 19.3 Å². The number of halogens is 1. The van der Waals surface area contributed by atoms with Crippen molar-refractivity contribution in [2.45, 2.75) is 19.3 Å². The highest BCUT2D eigenvalue weighted by Gasteiger charge is 2.34. The van der Waals surface area contributed by atoms with Crippen molar-refractivity contribution < 1.29 is 9.59 Å². The third-order valence-corrected chi connectivity index (χ3v) is 3.44. The number of hydrogen-bond donors (Lipinski definition) is 0. The van der Waals surface area contributed by atoms with E-state index in [1.807, 2.05) is 6.07 Å². The Bertz CT molecular complexity index is 551. The van der Waals surface area contributed by atoms with Crippen LogP contribution >= 0.6 is 11.6 Å². The van der Waals surface area contributed by atoms with Crippen LogP contribution < -0.4 is 4.90 Å². The van der Waals surface area contributed by atoms with Crippen molar-refractivity contribution in [3.8, 4) is 6.07 Å². The van der Waals surface area contributed by atoms with Gasteiger partial charge in [0.25, 0.3) is 0 Å². The molecule has 1 heterocycles. The largest absolute Gasteiger partial charge is 0.312 e. The number of anilines is 1. The average molecular weight is 277 g/mol. The molecule has 98 valence electrons. The predicted molar refractivity (Wildman–Crippen MR) is 71.8 cm³/mol. The highest BCUT2D eigenvalue weighted by Crippen LogP contribution is 2.27. The maximum absolute atomic E-state index is 12.3. The van der Waals surface area contributed by atoms with E-state index >= 15 is 0 Å². The average Bonchev–Trinajstić information content (AvgIpc) is 2.39. The van der Waals surface area contributed by atoms with Gasteiger partial charge >= 0.3 is 0 Å². The van der Waals surface area contributed by atoms with Crippen molar-refractivity contribution in [3.63, 3.8) is 0 Å². The number of nitriles is 1. The summed E-state index contributed by atoms with van der Waals surface area (Å²) in [4.78, 5) is 25.6. The summed E-state index contributed by atoms with van der Waals surface area (Å²) in [5.74, 6) is -1.21. The molecule has 1 atom stereocenters. The third kappa shape index (κ3) is 2.94. The first kappa shape index (κ1) is 13.6. The lowest BCUT2D eigenvalue weighted by atomic mass is 9.91. The number of ketones is 1. The number of nitrogens with zero attached hydrogens (tertiary/aromatic N) is 2. The SMILES string of the molecule is N#CCC(=O)[C@@H]1CCCN(c2cccc(Cl)c2)C1=O. The van der Waals surface area contributed by atoms with Gasteiger partial charge in [0.15, 0.2) is 5.78 Å². The summed E-state index contributed by atoms with van der Waals surface area (Å²) in [7, 11) is 0. The lowest BCUT2D eigenvalue weighted by molar-refractivity contribution is -0.133. The second-order valence-electron chi connectivity index (χ2n) is 4.47. The minimum absolute atomic E-state index is 0.209. The fraction of sp³-hybridized carbons (Fsp3) is 0.357. The van der Waals surface area contributed by atoms with Gasteiger partial charge < -0.3 is 4.90 Å². The molecule has 1 aromatic rings. The predicted octanol–water partition coefficient (Wildman–Crippen LogP) is 2.57. The molecule has 0 aromatic heterocycles. The number of piperidine rings is 1. The highest BCUT2D eigenvalue weighted by atomic mass is 35.5. The zero-order valence-electron chi connectivity index (χ0n) is 10.3. The van der Waals surface area contributed by atoms with Crippen LogP contribution in [0, 0.1) is 17.2 Å². The molecular formula is C14H13ClN2O2. The number of carbonyl (C=O) groups excluding carboxylic acids is 2. The third-order valence-electron chi connectivity index (χ3n) is 3.20. The summed E-state index contributed by atoms with van der Waals surface area (Å²) in [6.07, 6.45) is 1.07. The molecule has 1 fully saturated rings. The maximum atomic E-state index is 12.3. The molecule has 0 saturated carbocycles. The Labute approximate surface area is 116 Å². The summed E-state index contributed by atoms with van der Waals surface area (Å²) in [6, 6.07) is 8.81. The Balaban J connectivity index is 2.21. The molecule has 2 rings (SSSR count). The van der Waals surface area contributed by atoms with E-state index in [-0.39, 0.29) is 18.1 Å². The first-order valence-corrected chi connectivity index (χ1v) is 6.48. The Morgan fingerprint density at radius 2 is 2.32 bits per heavy atom. The summed E-state index contributed by atoms with van der Waals surface area (Å²) >= 11 is 5.91.